The standard InChI is InChI=1S/C9H15N5O3.ClH/c1-9(2,6-10)12-8(15)5-13-4-7(3-11-13)14(16)17;/h3-4H,5-6,10H2,1-2H3,(H,12,15);1H. The van der Waals surface area contributed by atoms with E-state index in [1.165, 1.54) is 10.9 Å². The van der Waals surface area contributed by atoms with E-state index in [4.69, 9.17) is 5.73 Å². The number of amides is 1. The number of hydrogen-bond acceptors (Lipinski definition) is 5. The van der Waals surface area contributed by atoms with Crippen LogP contribution in [0.5, 0.6) is 0 Å². The zero-order valence-electron chi connectivity index (χ0n) is 10.1. The van der Waals surface area contributed by atoms with Crippen LogP contribution in [0.3, 0.4) is 0 Å². The van der Waals surface area contributed by atoms with E-state index in [1.54, 1.807) is 13.8 Å². The fourth-order valence-electron chi connectivity index (χ4n) is 1.15. The van der Waals surface area contributed by atoms with E-state index < -0.39 is 10.5 Å². The van der Waals surface area contributed by atoms with E-state index in [0.29, 0.717) is 6.54 Å². The molecule has 102 valence electrons. The molecule has 9 heteroatoms. The molecule has 1 aromatic heterocycles. The molecule has 0 saturated heterocycles. The van der Waals surface area contributed by atoms with Crippen molar-refractivity contribution in [3.63, 3.8) is 0 Å². The third-order valence-electron chi connectivity index (χ3n) is 2.12. The molecule has 1 aromatic rings. The average Bonchev–Trinajstić information content (AvgIpc) is 2.65. The first-order valence-corrected chi connectivity index (χ1v) is 5.02. The van der Waals surface area contributed by atoms with Gasteiger partial charge in [-0.05, 0) is 13.8 Å². The normalized spacial score (nSPS) is 10.6. The first-order valence-electron chi connectivity index (χ1n) is 5.02. The van der Waals surface area contributed by atoms with Gasteiger partial charge >= 0.3 is 5.69 Å². The summed E-state index contributed by atoms with van der Waals surface area (Å²) < 4.78 is 1.21. The minimum absolute atomic E-state index is 0. The van der Waals surface area contributed by atoms with Crippen LogP contribution in [0.15, 0.2) is 12.4 Å². The van der Waals surface area contributed by atoms with Gasteiger partial charge in [0.1, 0.15) is 18.9 Å². The molecule has 1 amide bonds. The Morgan fingerprint density at radius 1 is 1.67 bits per heavy atom. The summed E-state index contributed by atoms with van der Waals surface area (Å²) in [6, 6.07) is 0. The van der Waals surface area contributed by atoms with Crippen molar-refractivity contribution in [3.8, 4) is 0 Å². The number of halogens is 1. The van der Waals surface area contributed by atoms with Crippen molar-refractivity contribution in [2.45, 2.75) is 25.9 Å². The summed E-state index contributed by atoms with van der Waals surface area (Å²) >= 11 is 0. The highest BCUT2D eigenvalue weighted by molar-refractivity contribution is 5.85. The Labute approximate surface area is 110 Å². The molecule has 0 aromatic carbocycles. The van der Waals surface area contributed by atoms with E-state index in [1.807, 2.05) is 0 Å². The number of nitrogens with zero attached hydrogens (tertiary/aromatic N) is 3. The summed E-state index contributed by atoms with van der Waals surface area (Å²) in [7, 11) is 0. The van der Waals surface area contributed by atoms with Crippen LogP contribution in [-0.2, 0) is 11.3 Å². The maximum absolute atomic E-state index is 11.6. The average molecular weight is 278 g/mol. The van der Waals surface area contributed by atoms with Gasteiger partial charge in [0, 0.05) is 12.1 Å². The van der Waals surface area contributed by atoms with Gasteiger partial charge in [-0.15, -0.1) is 12.4 Å². The first kappa shape index (κ1) is 16.3. The van der Waals surface area contributed by atoms with Crippen molar-refractivity contribution < 1.29 is 9.72 Å². The molecule has 0 atom stereocenters. The Balaban J connectivity index is 0.00000289. The quantitative estimate of drug-likeness (QED) is 0.583. The molecule has 0 aliphatic rings. The predicted octanol–water partition coefficient (Wildman–Crippen LogP) is 0.0666. The van der Waals surface area contributed by atoms with Gasteiger partial charge < -0.3 is 11.1 Å². The smallest absolute Gasteiger partial charge is 0.307 e. The summed E-state index contributed by atoms with van der Waals surface area (Å²) in [5, 5.41) is 16.8. The second-order valence-electron chi connectivity index (χ2n) is 4.29. The molecule has 1 rings (SSSR count). The summed E-state index contributed by atoms with van der Waals surface area (Å²) in [5.74, 6) is -0.293. The zero-order valence-corrected chi connectivity index (χ0v) is 10.9. The van der Waals surface area contributed by atoms with Crippen LogP contribution in [0.25, 0.3) is 0 Å². The molecule has 0 radical (unpaired) electrons. The molecular weight excluding hydrogens is 262 g/mol. The number of carbonyl (C=O) groups excluding carboxylic acids is 1. The Morgan fingerprint density at radius 3 is 2.72 bits per heavy atom. The number of nitrogens with one attached hydrogen (secondary N) is 1. The van der Waals surface area contributed by atoms with Gasteiger partial charge in [-0.1, -0.05) is 0 Å². The topological polar surface area (TPSA) is 116 Å². The van der Waals surface area contributed by atoms with Gasteiger partial charge in [0.2, 0.25) is 5.91 Å². The van der Waals surface area contributed by atoms with Gasteiger partial charge in [0.05, 0.1) is 4.92 Å². The molecule has 18 heavy (non-hydrogen) atoms. The molecule has 0 saturated carbocycles. The number of rotatable bonds is 5. The van der Waals surface area contributed by atoms with Crippen molar-refractivity contribution >= 4 is 24.0 Å². The molecule has 3 N–H and O–H groups in total. The monoisotopic (exact) mass is 277 g/mol. The molecular formula is C9H16ClN5O3. The fourth-order valence-corrected chi connectivity index (χ4v) is 1.15. The van der Waals surface area contributed by atoms with E-state index in [-0.39, 0.29) is 30.5 Å². The molecule has 0 spiro atoms. The number of nitro groups is 1. The van der Waals surface area contributed by atoms with Crippen LogP contribution >= 0.6 is 12.4 Å². The molecule has 0 fully saturated rings. The van der Waals surface area contributed by atoms with Crippen molar-refractivity contribution in [2.24, 2.45) is 5.73 Å². The second-order valence-corrected chi connectivity index (χ2v) is 4.29. The maximum atomic E-state index is 11.6. The van der Waals surface area contributed by atoms with Gasteiger partial charge in [0.25, 0.3) is 0 Å². The van der Waals surface area contributed by atoms with E-state index >= 15 is 0 Å². The Bertz CT molecular complexity index is 432. The molecule has 0 aliphatic heterocycles. The minimum atomic E-state index is -0.564. The van der Waals surface area contributed by atoms with Crippen LogP contribution in [0.4, 0.5) is 5.69 Å². The third kappa shape index (κ3) is 4.68. The summed E-state index contributed by atoms with van der Waals surface area (Å²) in [5.41, 5.74) is 4.82. The lowest BCUT2D eigenvalue weighted by Gasteiger charge is -2.23. The molecule has 1 heterocycles. The Kier molecular flexibility index (Phi) is 5.73. The first-order chi connectivity index (χ1) is 7.84. The lowest BCUT2D eigenvalue weighted by Crippen LogP contribution is -2.49. The van der Waals surface area contributed by atoms with Crippen LogP contribution in [0, 0.1) is 10.1 Å². The highest BCUT2D eigenvalue weighted by Gasteiger charge is 2.19. The summed E-state index contributed by atoms with van der Waals surface area (Å²) in [4.78, 5) is 21.4. The molecule has 0 unspecified atom stereocenters. The predicted molar refractivity (Wildman–Crippen MR) is 67.4 cm³/mol. The van der Waals surface area contributed by atoms with Gasteiger partial charge in [-0.3, -0.25) is 19.6 Å². The molecule has 0 bridgehead atoms. The minimum Gasteiger partial charge on any atom is -0.348 e. The number of aromatic nitrogens is 2. The number of nitrogens with two attached hydrogens (primary N) is 1. The van der Waals surface area contributed by atoms with Crippen molar-refractivity contribution in [1.29, 1.82) is 0 Å². The molecule has 0 aliphatic carbocycles. The lowest BCUT2D eigenvalue weighted by atomic mass is 10.1. The highest BCUT2D eigenvalue weighted by Crippen LogP contribution is 2.07. The van der Waals surface area contributed by atoms with Crippen LogP contribution < -0.4 is 11.1 Å². The lowest BCUT2D eigenvalue weighted by molar-refractivity contribution is -0.385. The van der Waals surface area contributed by atoms with Crippen LogP contribution in [0.1, 0.15) is 13.8 Å². The van der Waals surface area contributed by atoms with Crippen molar-refractivity contribution in [3.05, 3.63) is 22.5 Å². The zero-order chi connectivity index (χ0) is 13.1. The Hall–Kier alpha value is -1.67. The van der Waals surface area contributed by atoms with Gasteiger partial charge in [-0.25, -0.2) is 0 Å². The van der Waals surface area contributed by atoms with E-state index in [9.17, 15) is 14.9 Å². The summed E-state index contributed by atoms with van der Waals surface area (Å²) in [6.45, 7) is 3.81. The highest BCUT2D eigenvalue weighted by atomic mass is 35.5. The largest absolute Gasteiger partial charge is 0.348 e. The van der Waals surface area contributed by atoms with E-state index in [0.717, 1.165) is 6.20 Å². The van der Waals surface area contributed by atoms with Crippen molar-refractivity contribution in [2.75, 3.05) is 6.54 Å². The number of carbonyl (C=O) groups is 1. The Morgan fingerprint density at radius 2 is 2.28 bits per heavy atom. The number of hydrogen-bond donors (Lipinski definition) is 2. The second kappa shape index (κ2) is 6.31. The van der Waals surface area contributed by atoms with E-state index in [2.05, 4.69) is 10.4 Å². The van der Waals surface area contributed by atoms with Crippen molar-refractivity contribution in [1.82, 2.24) is 15.1 Å². The van der Waals surface area contributed by atoms with Gasteiger partial charge in [-0.2, -0.15) is 5.10 Å². The SMILES string of the molecule is CC(C)(CN)NC(=O)Cn1cc([N+](=O)[O-])cn1.Cl. The third-order valence-corrected chi connectivity index (χ3v) is 2.12. The van der Waals surface area contributed by atoms with Crippen LogP contribution in [0.2, 0.25) is 0 Å². The maximum Gasteiger partial charge on any atom is 0.307 e. The molecule has 8 nitrogen and oxygen atoms in total. The van der Waals surface area contributed by atoms with Crippen LogP contribution in [-0.4, -0.2) is 32.7 Å². The summed E-state index contributed by atoms with van der Waals surface area (Å²) in [6.07, 6.45) is 2.30. The van der Waals surface area contributed by atoms with Gasteiger partial charge in [0.15, 0.2) is 0 Å². The fraction of sp³-hybridized carbons (Fsp3) is 0.556.